The molecule has 0 aliphatic heterocycles. The lowest BCUT2D eigenvalue weighted by Crippen LogP contribution is -2.49. The summed E-state index contributed by atoms with van der Waals surface area (Å²) in [6.07, 6.45) is 19.3. The van der Waals surface area contributed by atoms with Gasteiger partial charge in [-0.05, 0) is 128 Å². The van der Waals surface area contributed by atoms with E-state index in [4.69, 9.17) is 8.85 Å². The van der Waals surface area contributed by atoms with E-state index in [1.54, 1.807) is 5.57 Å². The maximum Gasteiger partial charge on any atom is 0.192 e. The van der Waals surface area contributed by atoms with Crippen LogP contribution in [0.15, 0.2) is 47.6 Å². The number of ketones is 1. The van der Waals surface area contributed by atoms with Gasteiger partial charge in [0.1, 0.15) is 5.78 Å². The van der Waals surface area contributed by atoms with Crippen LogP contribution in [0, 0.1) is 28.6 Å². The van der Waals surface area contributed by atoms with Crippen molar-refractivity contribution in [3.05, 3.63) is 47.6 Å². The fraction of sp³-hybridized carbons (Fsp3) is 0.791. The number of aliphatic hydroxyl groups excluding tert-OH is 1. The van der Waals surface area contributed by atoms with Gasteiger partial charge in [-0.25, -0.2) is 0 Å². The van der Waals surface area contributed by atoms with Crippen LogP contribution in [-0.2, 0) is 13.6 Å². The molecule has 0 spiro atoms. The van der Waals surface area contributed by atoms with Crippen molar-refractivity contribution in [2.45, 2.75) is 188 Å². The van der Waals surface area contributed by atoms with Crippen molar-refractivity contribution in [1.29, 1.82) is 0 Å². The summed E-state index contributed by atoms with van der Waals surface area (Å²) >= 11 is 0. The van der Waals surface area contributed by atoms with Gasteiger partial charge in [-0.1, -0.05) is 98.8 Å². The van der Waals surface area contributed by atoms with E-state index < -0.39 is 22.7 Å². The third-order valence-corrected chi connectivity index (χ3v) is 23.4. The van der Waals surface area contributed by atoms with Crippen molar-refractivity contribution in [3.63, 3.8) is 0 Å². The van der Waals surface area contributed by atoms with E-state index in [0.29, 0.717) is 18.3 Å². The van der Waals surface area contributed by atoms with Gasteiger partial charge >= 0.3 is 0 Å². The molecule has 7 atom stereocenters. The Hall–Kier alpha value is -1.06. The molecule has 0 aromatic rings. The average Bonchev–Trinajstić information content (AvgIpc) is 3.69. The monoisotopic (exact) mass is 711 g/mol. The topological polar surface area (TPSA) is 55.8 Å². The molecule has 0 aromatic carbocycles. The van der Waals surface area contributed by atoms with Gasteiger partial charge in [-0.15, -0.1) is 0 Å². The first-order chi connectivity index (χ1) is 22.5. The van der Waals surface area contributed by atoms with Crippen molar-refractivity contribution >= 4 is 22.4 Å². The van der Waals surface area contributed by atoms with E-state index in [1.807, 2.05) is 0 Å². The summed E-state index contributed by atoms with van der Waals surface area (Å²) in [5, 5.41) is 11.7. The zero-order valence-corrected chi connectivity index (χ0v) is 35.9. The lowest BCUT2D eigenvalue weighted by atomic mass is 9.60. The molecule has 4 nitrogen and oxygen atoms in total. The molecule has 0 amide bonds. The Morgan fingerprint density at radius 1 is 1.00 bits per heavy atom. The van der Waals surface area contributed by atoms with E-state index in [0.717, 1.165) is 50.5 Å². The van der Waals surface area contributed by atoms with Crippen molar-refractivity contribution < 1.29 is 18.8 Å². The quantitative estimate of drug-likeness (QED) is 0.162. The zero-order valence-electron chi connectivity index (χ0n) is 33.9. The number of carbonyl (C=O) groups excluding carboxylic acids is 1. The second-order valence-electron chi connectivity index (χ2n) is 19.9. The maximum atomic E-state index is 13.3. The molecule has 0 saturated heterocycles. The number of aliphatic hydroxyl groups is 1. The molecule has 6 heteroatoms. The van der Waals surface area contributed by atoms with E-state index >= 15 is 0 Å². The number of rotatable bonds is 12. The van der Waals surface area contributed by atoms with Gasteiger partial charge in [0.15, 0.2) is 16.6 Å². The number of Topliss-reactive ketones (excluding diaryl/α,β-unsaturated/α-hetero) is 1. The summed E-state index contributed by atoms with van der Waals surface area (Å²) < 4.78 is 14.2. The van der Waals surface area contributed by atoms with E-state index in [2.05, 4.69) is 119 Å². The van der Waals surface area contributed by atoms with Crippen molar-refractivity contribution in [1.82, 2.24) is 0 Å². The van der Waals surface area contributed by atoms with Crippen LogP contribution in [0.4, 0.5) is 0 Å². The largest absolute Gasteiger partial charge is 0.413 e. The minimum Gasteiger partial charge on any atom is -0.413 e. The Morgan fingerprint density at radius 2 is 1.61 bits per heavy atom. The minimum absolute atomic E-state index is 0.0150. The molecule has 4 fully saturated rings. The molecule has 278 valence electrons. The van der Waals surface area contributed by atoms with E-state index in [1.165, 1.54) is 24.8 Å². The predicted octanol–water partition coefficient (Wildman–Crippen LogP) is 11.9. The molecule has 4 aliphatic carbocycles. The van der Waals surface area contributed by atoms with Crippen LogP contribution in [0.5, 0.6) is 0 Å². The summed E-state index contributed by atoms with van der Waals surface area (Å²) in [6, 6.07) is 0. The maximum absolute atomic E-state index is 13.3. The van der Waals surface area contributed by atoms with Crippen molar-refractivity contribution in [2.24, 2.45) is 28.6 Å². The van der Waals surface area contributed by atoms with Crippen LogP contribution in [0.3, 0.4) is 0 Å². The Kier molecular flexibility index (Phi) is 12.3. The zero-order chi connectivity index (χ0) is 36.8. The smallest absolute Gasteiger partial charge is 0.192 e. The highest BCUT2D eigenvalue weighted by Crippen LogP contribution is 2.60. The number of hydrogen-bond donors (Lipinski definition) is 1. The molecule has 1 N–H and O–H groups in total. The van der Waals surface area contributed by atoms with Gasteiger partial charge in [-0.3, -0.25) is 4.79 Å². The molecule has 4 rings (SSSR count). The fourth-order valence-electron chi connectivity index (χ4n) is 8.77. The van der Waals surface area contributed by atoms with Gasteiger partial charge in [0.25, 0.3) is 0 Å². The molecule has 49 heavy (non-hydrogen) atoms. The summed E-state index contributed by atoms with van der Waals surface area (Å²) in [7, 11) is -3.98. The first kappa shape index (κ1) is 40.7. The summed E-state index contributed by atoms with van der Waals surface area (Å²) in [5.41, 5.74) is 3.85. The van der Waals surface area contributed by atoms with Crippen molar-refractivity contribution in [3.8, 4) is 0 Å². The molecule has 0 bridgehead atoms. The van der Waals surface area contributed by atoms with E-state index in [-0.39, 0.29) is 44.8 Å². The summed E-state index contributed by atoms with van der Waals surface area (Å²) in [6.45, 7) is 34.9. The van der Waals surface area contributed by atoms with E-state index in [9.17, 15) is 9.90 Å². The minimum atomic E-state index is -2.02. The van der Waals surface area contributed by atoms with Crippen LogP contribution in [0.25, 0.3) is 0 Å². The number of allylic oxidation sites excluding steroid dienone is 5. The Balaban J connectivity index is 1.55. The van der Waals surface area contributed by atoms with Gasteiger partial charge in [-0.2, -0.15) is 0 Å². The number of carbonyl (C=O) groups is 1. The predicted molar refractivity (Wildman–Crippen MR) is 213 cm³/mol. The lowest BCUT2D eigenvalue weighted by molar-refractivity contribution is -0.126. The first-order valence-corrected chi connectivity index (χ1v) is 25.6. The van der Waals surface area contributed by atoms with Crippen LogP contribution in [-0.4, -0.2) is 45.8 Å². The second-order valence-corrected chi connectivity index (χ2v) is 29.4. The molecular weight excluding hydrogens is 637 g/mol. The normalized spacial score (nSPS) is 32.5. The van der Waals surface area contributed by atoms with Gasteiger partial charge in [0.2, 0.25) is 0 Å². The Morgan fingerprint density at radius 3 is 2.18 bits per heavy atom. The van der Waals surface area contributed by atoms with Gasteiger partial charge < -0.3 is 14.0 Å². The molecular formula is C43H74O4Si2. The third-order valence-electron chi connectivity index (χ3n) is 14.4. The van der Waals surface area contributed by atoms with Crippen LogP contribution >= 0.6 is 0 Å². The van der Waals surface area contributed by atoms with Crippen LogP contribution < -0.4 is 0 Å². The number of hydrogen-bond acceptors (Lipinski definition) is 4. The molecule has 1 unspecified atom stereocenters. The molecule has 0 aromatic heterocycles. The van der Waals surface area contributed by atoms with Crippen LogP contribution in [0.1, 0.15) is 133 Å². The SMILES string of the molecule is C=C1/C(=C\C=C2/CCC[C@]3(C)[C@@H]([C@H](C)C(O)CC(=O)C4(C=CCC)CC4)CC[C@@H]23)C[C@@H](O[Si](C)(C)C(C)(C)C)C[C@@H]1O[Si](C)(C)C(C)(C)C. The summed E-state index contributed by atoms with van der Waals surface area (Å²) in [4.78, 5) is 13.3. The summed E-state index contributed by atoms with van der Waals surface area (Å²) in [5.74, 6) is 1.30. The highest BCUT2D eigenvalue weighted by Gasteiger charge is 2.53. The number of fused-ring (bicyclic) bond motifs is 1. The molecule has 0 heterocycles. The highest BCUT2D eigenvalue weighted by atomic mass is 28.4. The van der Waals surface area contributed by atoms with Crippen molar-refractivity contribution in [2.75, 3.05) is 0 Å². The third kappa shape index (κ3) is 8.78. The standard InChI is InChI=1S/C43H74O4Si2/c1-15-16-24-43(25-26-43)39(45)29-37(44)31(3)35-21-22-36-32(18-17-23-42(35,36)10)19-20-33-27-34(46-48(11,12)40(4,5)6)28-38(30(33)2)47-49(13,14)41(7,8)9/h16,19-20,24,31,34-38,44H,2,15,17-18,21-23,25-29H2,1,3-14H3/b24-16?,32-19+,33-20-/t31-,34+,35+,36-,37?,38-,42+/m0/s1. The fourth-order valence-corrected chi connectivity index (χ4v) is 11.4. The Labute approximate surface area is 303 Å². The molecule has 0 radical (unpaired) electrons. The highest BCUT2D eigenvalue weighted by molar-refractivity contribution is 6.74. The van der Waals surface area contributed by atoms with Gasteiger partial charge in [0, 0.05) is 18.3 Å². The average molecular weight is 711 g/mol. The van der Waals surface area contributed by atoms with Gasteiger partial charge in [0.05, 0.1) is 18.3 Å². The second kappa shape index (κ2) is 14.8. The molecule has 4 saturated carbocycles. The molecule has 4 aliphatic rings. The van der Waals surface area contributed by atoms with Crippen LogP contribution in [0.2, 0.25) is 36.3 Å². The Bertz CT molecular complexity index is 1300. The lowest BCUT2D eigenvalue weighted by Gasteiger charge is -2.46. The first-order valence-electron chi connectivity index (χ1n) is 19.8.